The Bertz CT molecular complexity index is 1180. The predicted molar refractivity (Wildman–Crippen MR) is 287 cm³/mol. The largest absolute Gasteiger partial charge is 0.381 e. The lowest BCUT2D eigenvalue weighted by molar-refractivity contribution is -0.0409. The van der Waals surface area contributed by atoms with Crippen LogP contribution in [0.3, 0.4) is 0 Å². The number of ether oxygens (including phenoxy) is 4. The maximum Gasteiger partial charge on any atom is 0.0935 e. The van der Waals surface area contributed by atoms with Gasteiger partial charge in [-0.2, -0.15) is 0 Å². The van der Waals surface area contributed by atoms with E-state index in [1.165, 1.54) is 193 Å². The van der Waals surface area contributed by atoms with E-state index in [1.807, 2.05) is 0 Å². The number of unbranched alkanes of at least 4 members (excludes halogenated alkanes) is 11. The highest BCUT2D eigenvalue weighted by Crippen LogP contribution is 2.56. The van der Waals surface area contributed by atoms with Crippen LogP contribution in [0, 0.1) is 34.5 Å². The summed E-state index contributed by atoms with van der Waals surface area (Å²) in [6.07, 6.45) is 52.2. The number of rotatable bonds is 42. The second-order valence-electron chi connectivity index (χ2n) is 23.4. The standard InChI is InChI=1S/C61H115NO4/c1-9-11-12-13-14-15-16-17-18-19-20-21-22-23-24-25-26-27-46-64-52-58(51-62-45-29-36-55(62)6)66-50-32-48-63-47-31-49-65-57-39-43-60(7,44-40-57)41-30-42-61(8)56(33-10-2)37-38-59(61)54(5)35-28-34-53(3)4/h14-15,17-18,53-59H,9-13,16,19-52H2,1-8H3/b15-14-,18-17-/t54-,55?,56-,57?,58?,59-,60?,61+/m1/s1. The summed E-state index contributed by atoms with van der Waals surface area (Å²) < 4.78 is 25.1. The number of allylic oxidation sites excluding steroid dienone is 4. The van der Waals surface area contributed by atoms with Crippen LogP contribution in [0.5, 0.6) is 0 Å². The molecule has 2 aliphatic carbocycles. The summed E-state index contributed by atoms with van der Waals surface area (Å²) in [4.78, 5) is 2.60. The second-order valence-corrected chi connectivity index (χ2v) is 23.4. The van der Waals surface area contributed by atoms with Gasteiger partial charge in [0.2, 0.25) is 0 Å². The summed E-state index contributed by atoms with van der Waals surface area (Å²) in [7, 11) is 0. The van der Waals surface area contributed by atoms with Gasteiger partial charge in [0.25, 0.3) is 0 Å². The molecule has 0 radical (unpaired) electrons. The lowest BCUT2D eigenvalue weighted by atomic mass is 9.63. The van der Waals surface area contributed by atoms with Crippen molar-refractivity contribution < 1.29 is 18.9 Å². The number of hydrogen-bond acceptors (Lipinski definition) is 5. The Balaban J connectivity index is 1.18. The van der Waals surface area contributed by atoms with E-state index >= 15 is 0 Å². The third kappa shape index (κ3) is 25.9. The van der Waals surface area contributed by atoms with Gasteiger partial charge in [0.1, 0.15) is 0 Å². The summed E-state index contributed by atoms with van der Waals surface area (Å²) >= 11 is 0. The molecule has 1 heterocycles. The average molecular weight is 927 g/mol. The van der Waals surface area contributed by atoms with Crippen LogP contribution in [0.15, 0.2) is 24.3 Å². The van der Waals surface area contributed by atoms with Gasteiger partial charge >= 0.3 is 0 Å². The number of likely N-dealkylation sites (tertiary alicyclic amines) is 1. The van der Waals surface area contributed by atoms with E-state index in [0.29, 0.717) is 29.6 Å². The molecule has 0 spiro atoms. The lowest BCUT2D eigenvalue weighted by Gasteiger charge is -2.42. The van der Waals surface area contributed by atoms with Crippen LogP contribution in [0.25, 0.3) is 0 Å². The fraction of sp³-hybridized carbons (Fsp3) is 0.934. The highest BCUT2D eigenvalue weighted by Gasteiger charge is 2.47. The zero-order chi connectivity index (χ0) is 47.6. The first-order valence-corrected chi connectivity index (χ1v) is 29.5. The van der Waals surface area contributed by atoms with Crippen molar-refractivity contribution in [1.29, 1.82) is 0 Å². The minimum atomic E-state index is 0.150. The van der Waals surface area contributed by atoms with Gasteiger partial charge in [-0.1, -0.05) is 163 Å². The minimum Gasteiger partial charge on any atom is -0.381 e. The van der Waals surface area contributed by atoms with Gasteiger partial charge in [-0.25, -0.2) is 0 Å². The van der Waals surface area contributed by atoms with E-state index in [-0.39, 0.29) is 6.10 Å². The average Bonchev–Trinajstić information content (AvgIpc) is 3.85. The van der Waals surface area contributed by atoms with Gasteiger partial charge in [0, 0.05) is 45.6 Å². The SMILES string of the molecule is CCCCC/C=C\C/C=C\CCCCCCCCCCOCC(CN1CCCC1C)OCCCOCCCOC1CCC(C)(CCC[C@@]2(C)[C@H](CCC)CC[C@@H]2[C@H](C)CCCC(C)C)CC1. The van der Waals surface area contributed by atoms with Gasteiger partial charge < -0.3 is 18.9 Å². The smallest absolute Gasteiger partial charge is 0.0935 e. The second kappa shape index (κ2) is 37.1. The van der Waals surface area contributed by atoms with Gasteiger partial charge in [-0.15, -0.1) is 0 Å². The van der Waals surface area contributed by atoms with Gasteiger partial charge in [-0.05, 0) is 164 Å². The van der Waals surface area contributed by atoms with E-state index < -0.39 is 0 Å². The van der Waals surface area contributed by atoms with Gasteiger partial charge in [0.05, 0.1) is 18.8 Å². The zero-order valence-corrected chi connectivity index (χ0v) is 45.7. The molecular formula is C61H115NO4. The monoisotopic (exact) mass is 926 g/mol. The maximum atomic E-state index is 6.44. The van der Waals surface area contributed by atoms with Crippen molar-refractivity contribution in [2.45, 2.75) is 279 Å². The Labute approximate surface area is 412 Å². The molecule has 0 aromatic rings. The highest BCUT2D eigenvalue weighted by molar-refractivity contribution is 4.97. The Hall–Kier alpha value is -0.720. The van der Waals surface area contributed by atoms with Crippen molar-refractivity contribution in [3.63, 3.8) is 0 Å². The molecule has 388 valence electrons. The molecule has 0 aromatic carbocycles. The summed E-state index contributed by atoms with van der Waals surface area (Å²) in [5.74, 6) is 3.59. The molecule has 0 aromatic heterocycles. The van der Waals surface area contributed by atoms with Crippen LogP contribution in [-0.4, -0.2) is 75.9 Å². The maximum absolute atomic E-state index is 6.44. The highest BCUT2D eigenvalue weighted by atomic mass is 16.5. The first-order valence-electron chi connectivity index (χ1n) is 29.5. The molecule has 5 nitrogen and oxygen atoms in total. The van der Waals surface area contributed by atoms with E-state index in [9.17, 15) is 0 Å². The van der Waals surface area contributed by atoms with Crippen LogP contribution in [0.1, 0.15) is 261 Å². The molecule has 0 bridgehead atoms. The number of nitrogens with zero attached hydrogens (tertiary/aromatic N) is 1. The molecule has 0 amide bonds. The molecule has 1 saturated heterocycles. The Morgan fingerprint density at radius 1 is 0.621 bits per heavy atom. The fourth-order valence-corrected chi connectivity index (χ4v) is 12.5. The van der Waals surface area contributed by atoms with Crippen molar-refractivity contribution in [2.75, 3.05) is 52.7 Å². The molecule has 3 rings (SSSR count). The minimum absolute atomic E-state index is 0.150. The Kier molecular flexibility index (Phi) is 33.5. The predicted octanol–water partition coefficient (Wildman–Crippen LogP) is 17.7. The molecule has 0 N–H and O–H groups in total. The molecule has 2 unspecified atom stereocenters. The third-order valence-corrected chi connectivity index (χ3v) is 17.0. The summed E-state index contributed by atoms with van der Waals surface area (Å²) in [5.41, 5.74) is 1.05. The Morgan fingerprint density at radius 2 is 1.29 bits per heavy atom. The topological polar surface area (TPSA) is 40.2 Å². The fourth-order valence-electron chi connectivity index (χ4n) is 12.5. The molecule has 1 aliphatic heterocycles. The summed E-state index contributed by atoms with van der Waals surface area (Å²) in [6.45, 7) is 26.6. The number of hydrogen-bond donors (Lipinski definition) is 0. The zero-order valence-electron chi connectivity index (χ0n) is 45.7. The van der Waals surface area contributed by atoms with Crippen molar-refractivity contribution in [3.05, 3.63) is 24.3 Å². The van der Waals surface area contributed by atoms with Crippen LogP contribution >= 0.6 is 0 Å². The molecule has 5 heteroatoms. The first-order chi connectivity index (χ1) is 32.1. The van der Waals surface area contributed by atoms with Gasteiger partial charge in [-0.3, -0.25) is 4.90 Å². The van der Waals surface area contributed by atoms with Crippen molar-refractivity contribution in [1.82, 2.24) is 4.90 Å². The molecule has 6 atom stereocenters. The molecule has 2 saturated carbocycles. The van der Waals surface area contributed by atoms with Gasteiger partial charge in [0.15, 0.2) is 0 Å². The van der Waals surface area contributed by atoms with Crippen LogP contribution in [0.4, 0.5) is 0 Å². The molecule has 3 fully saturated rings. The van der Waals surface area contributed by atoms with E-state index in [1.54, 1.807) is 0 Å². The van der Waals surface area contributed by atoms with Crippen LogP contribution in [-0.2, 0) is 18.9 Å². The molecule has 3 aliphatic rings. The normalized spacial score (nSPS) is 26.2. The van der Waals surface area contributed by atoms with E-state index in [4.69, 9.17) is 18.9 Å². The first kappa shape index (κ1) is 59.6. The quantitative estimate of drug-likeness (QED) is 0.0451. The van der Waals surface area contributed by atoms with E-state index in [2.05, 4.69) is 84.6 Å². The lowest BCUT2D eigenvalue weighted by Crippen LogP contribution is -2.38. The molecular weight excluding hydrogens is 811 g/mol. The summed E-state index contributed by atoms with van der Waals surface area (Å²) in [5, 5.41) is 0. The summed E-state index contributed by atoms with van der Waals surface area (Å²) in [6, 6.07) is 0.656. The van der Waals surface area contributed by atoms with Crippen molar-refractivity contribution in [3.8, 4) is 0 Å². The third-order valence-electron chi connectivity index (χ3n) is 17.0. The van der Waals surface area contributed by atoms with Crippen LogP contribution < -0.4 is 0 Å². The molecule has 66 heavy (non-hydrogen) atoms. The van der Waals surface area contributed by atoms with Crippen molar-refractivity contribution in [2.24, 2.45) is 34.5 Å². The Morgan fingerprint density at radius 3 is 1.95 bits per heavy atom. The van der Waals surface area contributed by atoms with Crippen LogP contribution in [0.2, 0.25) is 0 Å². The van der Waals surface area contributed by atoms with E-state index in [0.717, 1.165) is 82.5 Å². The van der Waals surface area contributed by atoms with Crippen molar-refractivity contribution >= 4 is 0 Å².